The average molecular weight is 658 g/mol. The van der Waals surface area contributed by atoms with Crippen LogP contribution in [0.25, 0.3) is 0 Å². The second-order valence-corrected chi connectivity index (χ2v) is 12.2. The highest BCUT2D eigenvalue weighted by Crippen LogP contribution is 2.35. The Kier molecular flexibility index (Phi) is 13.2. The lowest BCUT2D eigenvalue weighted by molar-refractivity contribution is -0.156. The number of amides is 3. The molecule has 2 bridgehead atoms. The molecule has 0 saturated carbocycles. The van der Waals surface area contributed by atoms with Gasteiger partial charge in [0, 0.05) is 52.8 Å². The van der Waals surface area contributed by atoms with Crippen molar-refractivity contribution in [3.63, 3.8) is 0 Å². The van der Waals surface area contributed by atoms with Gasteiger partial charge in [-0.15, -0.1) is 0 Å². The third-order valence-corrected chi connectivity index (χ3v) is 8.23. The van der Waals surface area contributed by atoms with E-state index in [1.165, 1.54) is 26.1 Å². The van der Waals surface area contributed by atoms with E-state index >= 15 is 0 Å². The molecule has 1 aromatic carbocycles. The predicted molar refractivity (Wildman–Crippen MR) is 173 cm³/mol. The third kappa shape index (κ3) is 9.69. The highest BCUT2D eigenvalue weighted by atomic mass is 16.5. The van der Waals surface area contributed by atoms with Gasteiger partial charge in [-0.2, -0.15) is 0 Å². The van der Waals surface area contributed by atoms with E-state index in [-0.39, 0.29) is 70.3 Å². The van der Waals surface area contributed by atoms with E-state index in [2.05, 4.69) is 24.5 Å². The number of ether oxygens (including phenoxy) is 3. The van der Waals surface area contributed by atoms with Crippen LogP contribution in [0.2, 0.25) is 0 Å². The number of rotatable bonds is 7. The molecule has 2 aliphatic heterocycles. The van der Waals surface area contributed by atoms with E-state index in [9.17, 15) is 28.8 Å². The fourth-order valence-corrected chi connectivity index (χ4v) is 5.39. The second-order valence-electron chi connectivity index (χ2n) is 12.2. The lowest BCUT2D eigenvalue weighted by atomic mass is 9.76. The van der Waals surface area contributed by atoms with Crippen molar-refractivity contribution < 1.29 is 33.4 Å². The van der Waals surface area contributed by atoms with Gasteiger partial charge in [0.15, 0.2) is 18.1 Å². The van der Waals surface area contributed by atoms with Crippen LogP contribution in [0.5, 0.6) is 11.5 Å². The van der Waals surface area contributed by atoms with E-state index in [0.29, 0.717) is 30.3 Å². The molecule has 0 radical (unpaired) electrons. The van der Waals surface area contributed by atoms with Crippen LogP contribution < -0.4 is 31.4 Å². The maximum atomic E-state index is 13.6. The first-order valence-corrected chi connectivity index (χ1v) is 15.9. The van der Waals surface area contributed by atoms with Gasteiger partial charge in [-0.25, -0.2) is 4.79 Å². The SMILES string of the molecule is CCOC(=O)C1(CCC(C)C)CNC(=O)CCCN(C(=O)c2cc(=O)n(C)c(=O)n2C)CCNC(=O)COc2ccc(cc2OC)C1. The molecule has 2 aliphatic rings. The first kappa shape index (κ1) is 36.8. The Bertz CT molecular complexity index is 1560. The average Bonchev–Trinajstić information content (AvgIpc) is 3.04. The van der Waals surface area contributed by atoms with Crippen LogP contribution in [-0.2, 0) is 39.6 Å². The third-order valence-electron chi connectivity index (χ3n) is 8.23. The van der Waals surface area contributed by atoms with Crippen molar-refractivity contribution in [2.45, 2.75) is 52.9 Å². The topological polar surface area (TPSA) is 167 Å². The van der Waals surface area contributed by atoms with Crippen LogP contribution in [0.1, 0.15) is 62.5 Å². The summed E-state index contributed by atoms with van der Waals surface area (Å²) in [6.45, 7) is 5.92. The van der Waals surface area contributed by atoms with E-state index in [1.54, 1.807) is 25.1 Å². The monoisotopic (exact) mass is 657 g/mol. The number of carbonyl (C=O) groups excluding carboxylic acids is 4. The minimum absolute atomic E-state index is 0.0328. The lowest BCUT2D eigenvalue weighted by Gasteiger charge is -2.33. The molecule has 0 spiro atoms. The van der Waals surface area contributed by atoms with Crippen LogP contribution in [0, 0.1) is 11.3 Å². The van der Waals surface area contributed by atoms with Crippen LogP contribution in [0.4, 0.5) is 0 Å². The zero-order valence-corrected chi connectivity index (χ0v) is 28.2. The number of aromatic nitrogens is 2. The van der Waals surface area contributed by atoms with Gasteiger partial charge in [0.05, 0.1) is 19.1 Å². The number of benzene rings is 1. The Morgan fingerprint density at radius 2 is 1.77 bits per heavy atom. The van der Waals surface area contributed by atoms with Gasteiger partial charge < -0.3 is 29.7 Å². The molecule has 0 aliphatic carbocycles. The van der Waals surface area contributed by atoms with E-state index < -0.39 is 34.4 Å². The van der Waals surface area contributed by atoms with Crippen molar-refractivity contribution in [2.24, 2.45) is 25.4 Å². The van der Waals surface area contributed by atoms with Gasteiger partial charge in [-0.05, 0) is 56.2 Å². The molecule has 14 heteroatoms. The van der Waals surface area contributed by atoms with Crippen molar-refractivity contribution in [2.75, 3.05) is 46.5 Å². The number of nitrogens with zero attached hydrogens (tertiary/aromatic N) is 3. The highest BCUT2D eigenvalue weighted by molar-refractivity contribution is 5.92. The van der Waals surface area contributed by atoms with Crippen LogP contribution in [0.3, 0.4) is 0 Å². The molecule has 1 aromatic heterocycles. The summed E-state index contributed by atoms with van der Waals surface area (Å²) < 4.78 is 18.8. The zero-order chi connectivity index (χ0) is 34.7. The maximum Gasteiger partial charge on any atom is 0.331 e. The normalized spacial score (nSPS) is 18.3. The molecule has 258 valence electrons. The molecule has 1 atom stereocenters. The van der Waals surface area contributed by atoms with E-state index in [4.69, 9.17) is 14.2 Å². The minimum atomic E-state index is -1.07. The molecule has 0 saturated heterocycles. The van der Waals surface area contributed by atoms with Gasteiger partial charge in [0.1, 0.15) is 5.69 Å². The van der Waals surface area contributed by atoms with Gasteiger partial charge in [0.2, 0.25) is 5.91 Å². The summed E-state index contributed by atoms with van der Waals surface area (Å²) in [6.07, 6.45) is 1.70. The molecule has 0 fully saturated rings. The molecule has 14 nitrogen and oxygen atoms in total. The van der Waals surface area contributed by atoms with E-state index in [0.717, 1.165) is 20.8 Å². The number of methoxy groups -OCH3 is 1. The predicted octanol–water partition coefficient (Wildman–Crippen LogP) is 1.17. The van der Waals surface area contributed by atoms with Crippen molar-refractivity contribution in [1.82, 2.24) is 24.7 Å². The van der Waals surface area contributed by atoms with E-state index in [1.807, 2.05) is 0 Å². The summed E-state index contributed by atoms with van der Waals surface area (Å²) in [5, 5.41) is 5.65. The summed E-state index contributed by atoms with van der Waals surface area (Å²) in [5.74, 6) is -0.794. The van der Waals surface area contributed by atoms with Crippen LogP contribution >= 0.6 is 0 Å². The Balaban J connectivity index is 1.96. The van der Waals surface area contributed by atoms with Gasteiger partial charge in [-0.3, -0.25) is 33.1 Å². The molecule has 4 rings (SSSR count). The number of hydrogen-bond donors (Lipinski definition) is 2. The molecular formula is C33H47N5O9. The molecule has 1 unspecified atom stereocenters. The minimum Gasteiger partial charge on any atom is -0.493 e. The fraction of sp³-hybridized carbons (Fsp3) is 0.576. The number of esters is 1. The second kappa shape index (κ2) is 16.8. The quantitative estimate of drug-likeness (QED) is 0.328. The summed E-state index contributed by atoms with van der Waals surface area (Å²) in [4.78, 5) is 79.2. The molecular weight excluding hydrogens is 610 g/mol. The molecule has 3 heterocycles. The fourth-order valence-electron chi connectivity index (χ4n) is 5.39. The summed E-state index contributed by atoms with van der Waals surface area (Å²) in [7, 11) is 4.18. The zero-order valence-electron chi connectivity index (χ0n) is 28.2. The molecule has 2 aromatic rings. The first-order valence-electron chi connectivity index (χ1n) is 15.9. The first-order chi connectivity index (χ1) is 22.3. The smallest absolute Gasteiger partial charge is 0.331 e. The Labute approximate surface area is 274 Å². The Morgan fingerprint density at radius 3 is 2.45 bits per heavy atom. The van der Waals surface area contributed by atoms with Crippen molar-refractivity contribution in [3.05, 3.63) is 56.4 Å². The Morgan fingerprint density at radius 1 is 1.02 bits per heavy atom. The number of fused-ring (bicyclic) bond motifs is 16. The number of nitrogens with one attached hydrogen (secondary N) is 2. The largest absolute Gasteiger partial charge is 0.493 e. The van der Waals surface area contributed by atoms with Gasteiger partial charge in [-0.1, -0.05) is 19.9 Å². The van der Waals surface area contributed by atoms with Crippen LogP contribution in [0.15, 0.2) is 33.9 Å². The Hall–Kier alpha value is -4.62. The maximum absolute atomic E-state index is 13.6. The van der Waals surface area contributed by atoms with Gasteiger partial charge in [0.25, 0.3) is 17.4 Å². The van der Waals surface area contributed by atoms with Gasteiger partial charge >= 0.3 is 11.7 Å². The molecule has 2 N–H and O–H groups in total. The summed E-state index contributed by atoms with van der Waals surface area (Å²) in [5.41, 5.74) is -1.71. The summed E-state index contributed by atoms with van der Waals surface area (Å²) in [6, 6.07) is 6.30. The molecule has 3 amide bonds. The highest BCUT2D eigenvalue weighted by Gasteiger charge is 2.40. The lowest BCUT2D eigenvalue weighted by Crippen LogP contribution is -2.46. The number of carbonyl (C=O) groups is 4. The van der Waals surface area contributed by atoms with Crippen molar-refractivity contribution in [3.8, 4) is 11.5 Å². The standard InChI is InChI=1S/C33H47N5O9/c1-7-46-31(43)33(13-12-22(2)3)19-23-10-11-25(26(17-23)45-6)47-20-28(40)34-14-16-38(15-8-9-27(39)35-21-33)30(42)24-18-29(41)37(5)32(44)36(24)4/h10-11,17-18,22H,7-9,12-16,19-21H2,1-6H3,(H,34,40)(H,35,39). The van der Waals surface area contributed by atoms with Crippen LogP contribution in [-0.4, -0.2) is 84.2 Å². The number of hydrogen-bond acceptors (Lipinski definition) is 9. The van der Waals surface area contributed by atoms with Crippen molar-refractivity contribution >= 4 is 23.7 Å². The van der Waals surface area contributed by atoms with Crippen molar-refractivity contribution in [1.29, 1.82) is 0 Å². The summed E-state index contributed by atoms with van der Waals surface area (Å²) >= 11 is 0. The molecule has 47 heavy (non-hydrogen) atoms.